The lowest BCUT2D eigenvalue weighted by atomic mass is 10.0. The highest BCUT2D eigenvalue weighted by Crippen LogP contribution is 2.29. The Labute approximate surface area is 113 Å². The van der Waals surface area contributed by atoms with Gasteiger partial charge in [0.2, 0.25) is 0 Å². The van der Waals surface area contributed by atoms with Gasteiger partial charge in [0.1, 0.15) is 0 Å². The molecule has 0 amide bonds. The monoisotopic (exact) mass is 314 g/mol. The van der Waals surface area contributed by atoms with Gasteiger partial charge in [-0.2, -0.15) is 0 Å². The molecule has 1 aromatic carbocycles. The SMILES string of the molecule is CNC(c1cc(Br)ccc1Cl)c1cnnn1C. The van der Waals surface area contributed by atoms with Crippen LogP contribution in [0.25, 0.3) is 0 Å². The Balaban J connectivity index is 2.49. The third-order valence-electron chi connectivity index (χ3n) is 2.60. The topological polar surface area (TPSA) is 42.7 Å². The number of benzene rings is 1. The van der Waals surface area contributed by atoms with Gasteiger partial charge in [-0.3, -0.25) is 4.68 Å². The molecule has 90 valence electrons. The fourth-order valence-electron chi connectivity index (χ4n) is 1.76. The van der Waals surface area contributed by atoms with Crippen molar-refractivity contribution in [2.24, 2.45) is 7.05 Å². The molecule has 1 N–H and O–H groups in total. The predicted molar refractivity (Wildman–Crippen MR) is 71.1 cm³/mol. The van der Waals surface area contributed by atoms with E-state index in [9.17, 15) is 0 Å². The summed E-state index contributed by atoms with van der Waals surface area (Å²) in [5, 5.41) is 11.8. The second-order valence-electron chi connectivity index (χ2n) is 3.67. The fourth-order valence-corrected chi connectivity index (χ4v) is 2.36. The van der Waals surface area contributed by atoms with Crippen molar-refractivity contribution in [3.05, 3.63) is 45.1 Å². The van der Waals surface area contributed by atoms with Crippen molar-refractivity contribution >= 4 is 27.5 Å². The minimum absolute atomic E-state index is 0.0278. The molecule has 1 heterocycles. The van der Waals surface area contributed by atoms with Crippen LogP contribution in [0.15, 0.2) is 28.9 Å². The van der Waals surface area contributed by atoms with E-state index in [2.05, 4.69) is 31.6 Å². The van der Waals surface area contributed by atoms with Crippen molar-refractivity contribution in [1.82, 2.24) is 20.3 Å². The van der Waals surface area contributed by atoms with Gasteiger partial charge < -0.3 is 5.32 Å². The normalized spacial score (nSPS) is 12.7. The second kappa shape index (κ2) is 5.16. The van der Waals surface area contributed by atoms with Gasteiger partial charge in [0.15, 0.2) is 0 Å². The molecule has 1 atom stereocenters. The standard InChI is InChI=1S/C11H12BrClN4/c1-14-11(10-6-15-16-17(10)2)8-5-7(12)3-4-9(8)13/h3-6,11,14H,1-2H3. The Morgan fingerprint density at radius 2 is 2.24 bits per heavy atom. The lowest BCUT2D eigenvalue weighted by molar-refractivity contribution is 0.598. The molecule has 0 saturated carbocycles. The van der Waals surface area contributed by atoms with Crippen molar-refractivity contribution in [3.8, 4) is 0 Å². The van der Waals surface area contributed by atoms with Crippen LogP contribution in [-0.2, 0) is 7.05 Å². The zero-order valence-electron chi connectivity index (χ0n) is 9.48. The van der Waals surface area contributed by atoms with Gasteiger partial charge in [-0.15, -0.1) is 5.10 Å². The molecule has 0 fully saturated rings. The Hall–Kier alpha value is -0.910. The van der Waals surface area contributed by atoms with Crippen molar-refractivity contribution in [2.75, 3.05) is 7.05 Å². The molecule has 0 aliphatic carbocycles. The molecule has 0 saturated heterocycles. The van der Waals surface area contributed by atoms with Gasteiger partial charge in [-0.1, -0.05) is 32.7 Å². The highest BCUT2D eigenvalue weighted by molar-refractivity contribution is 9.10. The highest BCUT2D eigenvalue weighted by Gasteiger charge is 2.18. The Morgan fingerprint density at radius 1 is 1.47 bits per heavy atom. The van der Waals surface area contributed by atoms with Gasteiger partial charge in [-0.05, 0) is 30.8 Å². The molecule has 0 aliphatic heterocycles. The molecule has 17 heavy (non-hydrogen) atoms. The van der Waals surface area contributed by atoms with Crippen LogP contribution < -0.4 is 5.32 Å². The molecular weight excluding hydrogens is 304 g/mol. The molecule has 0 bridgehead atoms. The smallest absolute Gasteiger partial charge is 0.0799 e. The lowest BCUT2D eigenvalue weighted by Crippen LogP contribution is -2.21. The third kappa shape index (κ3) is 2.51. The van der Waals surface area contributed by atoms with E-state index < -0.39 is 0 Å². The van der Waals surface area contributed by atoms with Gasteiger partial charge >= 0.3 is 0 Å². The average Bonchev–Trinajstić information content (AvgIpc) is 2.71. The summed E-state index contributed by atoms with van der Waals surface area (Å²) in [5.74, 6) is 0. The minimum Gasteiger partial charge on any atom is -0.308 e. The number of halogens is 2. The van der Waals surface area contributed by atoms with E-state index in [-0.39, 0.29) is 6.04 Å². The number of nitrogens with zero attached hydrogens (tertiary/aromatic N) is 3. The first-order chi connectivity index (χ1) is 8.13. The van der Waals surface area contributed by atoms with Crippen molar-refractivity contribution in [3.63, 3.8) is 0 Å². The second-order valence-corrected chi connectivity index (χ2v) is 4.99. The number of nitrogens with one attached hydrogen (secondary N) is 1. The van der Waals surface area contributed by atoms with Gasteiger partial charge in [0, 0.05) is 16.5 Å². The molecule has 6 heteroatoms. The van der Waals surface area contributed by atoms with E-state index >= 15 is 0 Å². The molecule has 0 radical (unpaired) electrons. The summed E-state index contributed by atoms with van der Waals surface area (Å²) in [6.45, 7) is 0. The maximum absolute atomic E-state index is 6.23. The molecule has 1 unspecified atom stereocenters. The fraction of sp³-hybridized carbons (Fsp3) is 0.273. The van der Waals surface area contributed by atoms with E-state index in [4.69, 9.17) is 11.6 Å². The maximum Gasteiger partial charge on any atom is 0.0799 e. The van der Waals surface area contributed by atoms with Crippen LogP contribution in [0.5, 0.6) is 0 Å². The van der Waals surface area contributed by atoms with Crippen LogP contribution in [0, 0.1) is 0 Å². The van der Waals surface area contributed by atoms with Crippen LogP contribution in [0.3, 0.4) is 0 Å². The summed E-state index contributed by atoms with van der Waals surface area (Å²) in [7, 11) is 3.74. The first-order valence-electron chi connectivity index (χ1n) is 5.10. The minimum atomic E-state index is -0.0278. The van der Waals surface area contributed by atoms with E-state index in [1.807, 2.05) is 32.3 Å². The summed E-state index contributed by atoms with van der Waals surface area (Å²) >= 11 is 9.68. The Morgan fingerprint density at radius 3 is 2.82 bits per heavy atom. The van der Waals surface area contributed by atoms with Crippen molar-refractivity contribution in [2.45, 2.75) is 6.04 Å². The molecule has 2 rings (SSSR count). The third-order valence-corrected chi connectivity index (χ3v) is 3.44. The number of aromatic nitrogens is 3. The quantitative estimate of drug-likeness (QED) is 0.946. The van der Waals surface area contributed by atoms with Crippen molar-refractivity contribution < 1.29 is 0 Å². The van der Waals surface area contributed by atoms with Gasteiger partial charge in [0.05, 0.1) is 17.9 Å². The molecule has 1 aromatic heterocycles. The van der Waals surface area contributed by atoms with Gasteiger partial charge in [0.25, 0.3) is 0 Å². The number of rotatable bonds is 3. The summed E-state index contributed by atoms with van der Waals surface area (Å²) in [4.78, 5) is 0. The summed E-state index contributed by atoms with van der Waals surface area (Å²) < 4.78 is 2.73. The van der Waals surface area contributed by atoms with Crippen LogP contribution in [0.4, 0.5) is 0 Å². The van der Waals surface area contributed by atoms with E-state index in [1.165, 1.54) is 0 Å². The highest BCUT2D eigenvalue weighted by atomic mass is 79.9. The summed E-state index contributed by atoms with van der Waals surface area (Å²) in [6.07, 6.45) is 1.73. The Bertz CT molecular complexity index is 526. The van der Waals surface area contributed by atoms with E-state index in [0.29, 0.717) is 5.02 Å². The maximum atomic E-state index is 6.23. The average molecular weight is 316 g/mol. The molecule has 0 aliphatic rings. The molecule has 2 aromatic rings. The van der Waals surface area contributed by atoms with Gasteiger partial charge in [-0.25, -0.2) is 0 Å². The van der Waals surface area contributed by atoms with Crippen LogP contribution >= 0.6 is 27.5 Å². The first kappa shape index (κ1) is 12.5. The first-order valence-corrected chi connectivity index (χ1v) is 6.27. The van der Waals surface area contributed by atoms with Crippen molar-refractivity contribution in [1.29, 1.82) is 0 Å². The summed E-state index contributed by atoms with van der Waals surface area (Å²) in [5.41, 5.74) is 1.96. The molecular formula is C11H12BrClN4. The summed E-state index contributed by atoms with van der Waals surface area (Å²) in [6, 6.07) is 5.76. The largest absolute Gasteiger partial charge is 0.308 e. The van der Waals surface area contributed by atoms with E-state index in [1.54, 1.807) is 10.9 Å². The number of hydrogen-bond acceptors (Lipinski definition) is 3. The zero-order valence-corrected chi connectivity index (χ0v) is 11.8. The lowest BCUT2D eigenvalue weighted by Gasteiger charge is -2.17. The van der Waals surface area contributed by atoms with E-state index in [0.717, 1.165) is 15.7 Å². The zero-order chi connectivity index (χ0) is 12.4. The molecule has 0 spiro atoms. The number of aryl methyl sites for hydroxylation is 1. The molecule has 4 nitrogen and oxygen atoms in total. The van der Waals surface area contributed by atoms with Crippen LogP contribution in [0.1, 0.15) is 17.3 Å². The Kier molecular flexibility index (Phi) is 3.81. The predicted octanol–water partition coefficient (Wildman–Crippen LogP) is 2.54. The van der Waals surface area contributed by atoms with Crippen LogP contribution in [-0.4, -0.2) is 22.0 Å². The van der Waals surface area contributed by atoms with Crippen LogP contribution in [0.2, 0.25) is 5.02 Å². The number of hydrogen-bond donors (Lipinski definition) is 1.